The Labute approximate surface area is 192 Å². The first-order valence-corrected chi connectivity index (χ1v) is 10.7. The van der Waals surface area contributed by atoms with Gasteiger partial charge in [-0.05, 0) is 88.1 Å². The van der Waals surface area contributed by atoms with E-state index in [1.54, 1.807) is 16.8 Å². The van der Waals surface area contributed by atoms with Crippen LogP contribution in [0.1, 0.15) is 39.2 Å². The van der Waals surface area contributed by atoms with Gasteiger partial charge in [0.05, 0.1) is 17.1 Å². The third-order valence-electron chi connectivity index (χ3n) is 6.29. The molecule has 1 aliphatic heterocycles. The molecule has 2 aromatic carbocycles. The van der Waals surface area contributed by atoms with Crippen molar-refractivity contribution < 1.29 is 14.4 Å². The molecular weight excluding hydrogens is 416 g/mol. The number of rotatable bonds is 3. The molecule has 0 aliphatic carbocycles. The van der Waals surface area contributed by atoms with Gasteiger partial charge in [0.2, 0.25) is 0 Å². The Balaban J connectivity index is 1.80. The molecular formula is C26H26N4O3. The highest BCUT2D eigenvalue weighted by molar-refractivity contribution is 6.39. The van der Waals surface area contributed by atoms with Crippen molar-refractivity contribution in [3.63, 3.8) is 0 Å². The van der Waals surface area contributed by atoms with E-state index < -0.39 is 17.8 Å². The van der Waals surface area contributed by atoms with Crippen molar-refractivity contribution in [2.24, 2.45) is 0 Å². The summed E-state index contributed by atoms with van der Waals surface area (Å²) in [5.41, 5.74) is 7.44. The largest absolute Gasteiger partial charge is 0.335 e. The Morgan fingerprint density at radius 1 is 0.879 bits per heavy atom. The summed E-state index contributed by atoms with van der Waals surface area (Å²) in [6, 6.07) is 10.7. The highest BCUT2D eigenvalue weighted by Gasteiger charge is 2.38. The topological polar surface area (TPSA) is 84.3 Å². The van der Waals surface area contributed by atoms with E-state index in [2.05, 4.69) is 10.4 Å². The molecule has 1 aromatic heterocycles. The van der Waals surface area contributed by atoms with Crippen molar-refractivity contribution in [3.05, 3.63) is 81.2 Å². The number of imide groups is 2. The van der Waals surface area contributed by atoms with Crippen molar-refractivity contribution in [3.8, 4) is 5.69 Å². The Hall–Kier alpha value is -4.00. The number of carbonyl (C=O) groups excluding carboxylic acids is 3. The normalized spacial score (nSPS) is 15.4. The summed E-state index contributed by atoms with van der Waals surface area (Å²) in [5, 5.41) is 6.93. The number of nitrogens with zero attached hydrogens (tertiary/aromatic N) is 3. The van der Waals surface area contributed by atoms with Crippen molar-refractivity contribution in [2.75, 3.05) is 4.90 Å². The van der Waals surface area contributed by atoms with Gasteiger partial charge in [-0.3, -0.25) is 14.9 Å². The third kappa shape index (κ3) is 3.75. The first-order chi connectivity index (χ1) is 15.6. The summed E-state index contributed by atoms with van der Waals surface area (Å²) in [5.74, 6) is -1.38. The molecule has 0 saturated carbocycles. The summed E-state index contributed by atoms with van der Waals surface area (Å²) in [6.07, 6.45) is 1.53. The van der Waals surface area contributed by atoms with Crippen LogP contribution in [0.25, 0.3) is 11.8 Å². The second-order valence-electron chi connectivity index (χ2n) is 8.44. The second-order valence-corrected chi connectivity index (χ2v) is 8.44. The number of urea groups is 1. The van der Waals surface area contributed by atoms with Gasteiger partial charge in [0.1, 0.15) is 5.57 Å². The molecule has 2 heterocycles. The lowest BCUT2D eigenvalue weighted by Gasteiger charge is -2.28. The van der Waals surface area contributed by atoms with Crippen LogP contribution in [0.2, 0.25) is 0 Å². The number of aromatic nitrogens is 2. The maximum Gasteiger partial charge on any atom is 0.335 e. The summed E-state index contributed by atoms with van der Waals surface area (Å²) in [4.78, 5) is 39.6. The van der Waals surface area contributed by atoms with E-state index in [-0.39, 0.29) is 5.57 Å². The Morgan fingerprint density at radius 3 is 2.30 bits per heavy atom. The predicted molar refractivity (Wildman–Crippen MR) is 127 cm³/mol. The Morgan fingerprint density at radius 2 is 1.61 bits per heavy atom. The van der Waals surface area contributed by atoms with E-state index >= 15 is 0 Å². The van der Waals surface area contributed by atoms with Crippen LogP contribution < -0.4 is 10.2 Å². The minimum atomic E-state index is -0.755. The minimum absolute atomic E-state index is 0.110. The minimum Gasteiger partial charge on any atom is -0.273 e. The lowest BCUT2D eigenvalue weighted by atomic mass is 10.0. The molecule has 33 heavy (non-hydrogen) atoms. The number of amides is 4. The van der Waals surface area contributed by atoms with E-state index in [9.17, 15) is 14.4 Å². The fourth-order valence-electron chi connectivity index (χ4n) is 3.97. The molecule has 1 aliphatic rings. The van der Waals surface area contributed by atoms with Gasteiger partial charge in [-0.25, -0.2) is 14.4 Å². The average molecular weight is 443 g/mol. The second kappa shape index (κ2) is 8.16. The van der Waals surface area contributed by atoms with Crippen molar-refractivity contribution in [2.45, 2.75) is 41.5 Å². The van der Waals surface area contributed by atoms with Gasteiger partial charge in [0, 0.05) is 11.3 Å². The SMILES string of the molecule is Cc1ccc(-n2nc(C)c(/C=C3/C(=O)NC(=O)N(c4cccc(C)c4C)C3=O)c2C)cc1C. The Bertz CT molecular complexity index is 1360. The lowest BCUT2D eigenvalue weighted by molar-refractivity contribution is -0.122. The molecule has 4 amide bonds. The van der Waals surface area contributed by atoms with Gasteiger partial charge in [-0.15, -0.1) is 0 Å². The summed E-state index contributed by atoms with van der Waals surface area (Å²) in [6.45, 7) is 11.5. The van der Waals surface area contributed by atoms with E-state index in [0.29, 0.717) is 16.9 Å². The molecule has 1 N–H and O–H groups in total. The van der Waals surface area contributed by atoms with Crippen molar-refractivity contribution in [1.82, 2.24) is 15.1 Å². The van der Waals surface area contributed by atoms with Crippen LogP contribution in [-0.2, 0) is 9.59 Å². The number of barbiturate groups is 1. The molecule has 7 nitrogen and oxygen atoms in total. The number of anilines is 1. The number of hydrogen-bond donors (Lipinski definition) is 1. The molecule has 7 heteroatoms. The van der Waals surface area contributed by atoms with Crippen molar-refractivity contribution >= 4 is 29.6 Å². The highest BCUT2D eigenvalue weighted by Crippen LogP contribution is 2.28. The van der Waals surface area contributed by atoms with Crippen LogP contribution in [-0.4, -0.2) is 27.6 Å². The van der Waals surface area contributed by atoms with E-state index in [0.717, 1.165) is 33.0 Å². The van der Waals surface area contributed by atoms with Crippen molar-refractivity contribution in [1.29, 1.82) is 0 Å². The monoisotopic (exact) mass is 442 g/mol. The zero-order valence-electron chi connectivity index (χ0n) is 19.6. The first kappa shape index (κ1) is 22.2. The smallest absolute Gasteiger partial charge is 0.273 e. The average Bonchev–Trinajstić information content (AvgIpc) is 3.03. The fraction of sp³-hybridized carbons (Fsp3) is 0.231. The summed E-state index contributed by atoms with van der Waals surface area (Å²) < 4.78 is 1.80. The summed E-state index contributed by atoms with van der Waals surface area (Å²) >= 11 is 0. The van der Waals surface area contributed by atoms with Crippen LogP contribution >= 0.6 is 0 Å². The standard InChI is InChI=1S/C26H26N4O3/c1-14-10-11-20(12-16(14)3)30-19(6)21(18(5)28-30)13-22-24(31)27-26(33)29(25(22)32)23-9-7-8-15(2)17(23)4/h7-13H,1-6H3,(H,27,31,33)/b22-13-. The van der Waals surface area contributed by atoms with Crippen LogP contribution in [0.4, 0.5) is 10.5 Å². The highest BCUT2D eigenvalue weighted by atomic mass is 16.2. The van der Waals surface area contributed by atoms with Crippen LogP contribution in [0.15, 0.2) is 42.0 Å². The third-order valence-corrected chi connectivity index (χ3v) is 6.29. The molecule has 168 valence electrons. The Kier molecular flexibility index (Phi) is 5.49. The number of hydrogen-bond acceptors (Lipinski definition) is 4. The molecule has 0 radical (unpaired) electrons. The molecule has 0 unspecified atom stereocenters. The molecule has 0 bridgehead atoms. The van der Waals surface area contributed by atoms with Gasteiger partial charge in [0.15, 0.2) is 0 Å². The van der Waals surface area contributed by atoms with E-state index in [4.69, 9.17) is 0 Å². The molecule has 4 rings (SSSR count). The first-order valence-electron chi connectivity index (χ1n) is 10.7. The van der Waals surface area contributed by atoms with E-state index in [1.807, 2.05) is 65.8 Å². The maximum atomic E-state index is 13.3. The molecule has 3 aromatic rings. The number of nitrogens with one attached hydrogen (secondary N) is 1. The maximum absolute atomic E-state index is 13.3. The molecule has 0 spiro atoms. The fourth-order valence-corrected chi connectivity index (χ4v) is 3.97. The zero-order valence-corrected chi connectivity index (χ0v) is 19.6. The lowest BCUT2D eigenvalue weighted by Crippen LogP contribution is -2.54. The number of benzene rings is 2. The van der Waals surface area contributed by atoms with Crippen LogP contribution in [0.3, 0.4) is 0 Å². The predicted octanol–water partition coefficient (Wildman–Crippen LogP) is 4.39. The molecule has 0 atom stereocenters. The zero-order chi connectivity index (χ0) is 24.0. The van der Waals surface area contributed by atoms with Crippen LogP contribution in [0, 0.1) is 41.5 Å². The van der Waals surface area contributed by atoms with Gasteiger partial charge >= 0.3 is 6.03 Å². The van der Waals surface area contributed by atoms with Gasteiger partial charge in [-0.2, -0.15) is 5.10 Å². The number of aryl methyl sites for hydroxylation is 4. The quantitative estimate of drug-likeness (QED) is 0.482. The van der Waals surface area contributed by atoms with Crippen LogP contribution in [0.5, 0.6) is 0 Å². The molecule has 1 saturated heterocycles. The summed E-state index contributed by atoms with van der Waals surface area (Å²) in [7, 11) is 0. The van der Waals surface area contributed by atoms with Gasteiger partial charge < -0.3 is 0 Å². The molecule has 1 fully saturated rings. The van der Waals surface area contributed by atoms with Gasteiger partial charge in [-0.1, -0.05) is 18.2 Å². The van der Waals surface area contributed by atoms with Gasteiger partial charge in [0.25, 0.3) is 11.8 Å². The van der Waals surface area contributed by atoms with E-state index in [1.165, 1.54) is 11.6 Å². The number of carbonyl (C=O) groups is 3.